The van der Waals surface area contributed by atoms with Crippen molar-refractivity contribution >= 4 is 37.7 Å². The maximum absolute atomic E-state index is 2.44. The summed E-state index contributed by atoms with van der Waals surface area (Å²) in [7, 11) is -2.02. The number of hydrogen-bond acceptors (Lipinski definition) is 0. The molecule has 0 nitrogen and oxygen atoms in total. The summed E-state index contributed by atoms with van der Waals surface area (Å²) in [5.74, 6) is 0. The molecule has 0 saturated heterocycles. The second kappa shape index (κ2) is 10.7. The molecule has 0 radical (unpaired) electrons. The van der Waals surface area contributed by atoms with Gasteiger partial charge in [0.25, 0.3) is 0 Å². The Morgan fingerprint density at radius 1 is 0.545 bits per heavy atom. The largest absolute Gasteiger partial charge is 2.00 e. The molecule has 0 fully saturated rings. The van der Waals surface area contributed by atoms with Crippen LogP contribution in [0.5, 0.6) is 0 Å². The Bertz CT molecular complexity index is 1130. The van der Waals surface area contributed by atoms with Gasteiger partial charge in [0.05, 0.1) is 0 Å². The third kappa shape index (κ3) is 7.48. The van der Waals surface area contributed by atoms with Gasteiger partial charge >= 0.3 is 26.2 Å². The summed E-state index contributed by atoms with van der Waals surface area (Å²) in [5, 5.41) is 5.78. The Morgan fingerprint density at radius 3 is 1.15 bits per heavy atom. The van der Waals surface area contributed by atoms with Crippen LogP contribution in [-0.4, -0.2) is 16.1 Å². The number of rotatable bonds is 4. The molecular formula is C30H42Si2Zr. The van der Waals surface area contributed by atoms with E-state index in [9.17, 15) is 0 Å². The van der Waals surface area contributed by atoms with Crippen LogP contribution in [0.1, 0.15) is 33.4 Å². The first-order valence-corrected chi connectivity index (χ1v) is 19.5. The molecule has 0 aliphatic carbocycles. The maximum Gasteiger partial charge on any atom is 2.00 e. The number of aryl methyl sites for hydroxylation is 4. The van der Waals surface area contributed by atoms with E-state index in [2.05, 4.69) is 116 Å². The summed E-state index contributed by atoms with van der Waals surface area (Å²) in [6, 6.07) is 21.1. The predicted molar refractivity (Wildman–Crippen MR) is 152 cm³/mol. The second-order valence-electron chi connectivity index (χ2n) is 12.2. The Balaban J connectivity index is 0.000000227. The fraction of sp³-hybridized carbons (Fsp3) is 0.400. The normalized spacial score (nSPS) is 11.9. The van der Waals surface area contributed by atoms with E-state index in [0.29, 0.717) is 0 Å². The van der Waals surface area contributed by atoms with E-state index in [-0.39, 0.29) is 26.2 Å². The van der Waals surface area contributed by atoms with Crippen molar-refractivity contribution in [1.29, 1.82) is 0 Å². The molecule has 0 spiro atoms. The van der Waals surface area contributed by atoms with Gasteiger partial charge in [0.1, 0.15) is 0 Å². The van der Waals surface area contributed by atoms with Gasteiger partial charge in [0.15, 0.2) is 0 Å². The van der Waals surface area contributed by atoms with Crippen molar-refractivity contribution in [2.45, 2.75) is 79.1 Å². The molecule has 0 unspecified atom stereocenters. The van der Waals surface area contributed by atoms with Crippen LogP contribution < -0.4 is 0 Å². The minimum Gasteiger partial charge on any atom is -0.156 e. The van der Waals surface area contributed by atoms with Crippen molar-refractivity contribution in [3.8, 4) is 0 Å². The van der Waals surface area contributed by atoms with Crippen LogP contribution in [-0.2, 0) is 38.3 Å². The number of benzene rings is 2. The monoisotopic (exact) mass is 548 g/mol. The number of hydrogen-bond donors (Lipinski definition) is 0. The molecule has 0 atom stereocenters. The third-order valence-electron chi connectivity index (χ3n) is 6.39. The van der Waals surface area contributed by atoms with E-state index >= 15 is 0 Å². The summed E-state index contributed by atoms with van der Waals surface area (Å²) >= 11 is 0. The fourth-order valence-corrected chi connectivity index (χ4v) is 7.42. The molecule has 0 aliphatic heterocycles. The zero-order valence-corrected chi connectivity index (χ0v) is 27.0. The van der Waals surface area contributed by atoms with E-state index < -0.39 is 16.1 Å². The quantitative estimate of drug-likeness (QED) is 0.176. The van der Waals surface area contributed by atoms with Gasteiger partial charge < -0.3 is 0 Å². The molecule has 174 valence electrons. The molecule has 0 bridgehead atoms. The molecular weight excluding hydrogens is 508 g/mol. The molecule has 0 saturated carbocycles. The first-order chi connectivity index (χ1) is 14.7. The average Bonchev–Trinajstić information content (AvgIpc) is 3.19. The van der Waals surface area contributed by atoms with Crippen molar-refractivity contribution in [2.75, 3.05) is 0 Å². The van der Waals surface area contributed by atoms with Gasteiger partial charge in [-0.05, 0) is 27.7 Å². The summed E-state index contributed by atoms with van der Waals surface area (Å²) in [6.45, 7) is 23.4. The molecule has 0 aromatic heterocycles. The van der Waals surface area contributed by atoms with Crippen LogP contribution >= 0.6 is 0 Å². The molecule has 4 rings (SSSR count). The first kappa shape index (κ1) is 28.2. The van der Waals surface area contributed by atoms with Crippen LogP contribution in [0.4, 0.5) is 0 Å². The van der Waals surface area contributed by atoms with Gasteiger partial charge in [-0.1, -0.05) is 73.6 Å². The third-order valence-corrected chi connectivity index (χ3v) is 9.28. The topological polar surface area (TPSA) is 0 Å². The van der Waals surface area contributed by atoms with Crippen LogP contribution in [0.25, 0.3) is 21.5 Å². The maximum atomic E-state index is 2.44. The van der Waals surface area contributed by atoms with Crippen LogP contribution in [0.3, 0.4) is 0 Å². The Labute approximate surface area is 223 Å². The molecule has 0 heterocycles. The zero-order chi connectivity index (χ0) is 23.8. The standard InChI is InChI=1S/2C15H21Si.Zr/c2*1-11-8-13-6-7-14(10-16(3,4)5)15(13)9-12(11)2;/h2*6-9H,10H2,1-5H3;/q2*-1;+2. The Hall–Kier alpha value is -1.02. The van der Waals surface area contributed by atoms with Gasteiger partial charge in [0, 0.05) is 16.1 Å². The van der Waals surface area contributed by atoms with Crippen molar-refractivity contribution in [1.82, 2.24) is 0 Å². The van der Waals surface area contributed by atoms with E-state index in [1.54, 1.807) is 11.1 Å². The van der Waals surface area contributed by atoms with Crippen molar-refractivity contribution in [2.24, 2.45) is 0 Å². The van der Waals surface area contributed by atoms with Crippen LogP contribution in [0.15, 0.2) is 48.5 Å². The minimum absolute atomic E-state index is 0. The van der Waals surface area contributed by atoms with Crippen molar-refractivity contribution in [3.05, 3.63) is 81.9 Å². The molecule has 0 aliphatic rings. The second-order valence-corrected chi connectivity index (χ2v) is 23.2. The van der Waals surface area contributed by atoms with Crippen molar-refractivity contribution in [3.63, 3.8) is 0 Å². The number of fused-ring (bicyclic) bond motifs is 2. The summed E-state index contributed by atoms with van der Waals surface area (Å²) < 4.78 is 0. The first-order valence-electron chi connectivity index (χ1n) is 12.0. The van der Waals surface area contributed by atoms with Crippen molar-refractivity contribution < 1.29 is 26.2 Å². The van der Waals surface area contributed by atoms with E-state index in [1.165, 1.54) is 55.9 Å². The SMILES string of the molecule is Cc1cc2[cH-]cc(C[Si](C)(C)C)c2cc1C.Cc1cc2[cH-]cc(C[Si](C)(C)C)c2cc1C.[Zr+2]. The molecule has 4 aromatic carbocycles. The van der Waals surface area contributed by atoms with Crippen LogP contribution in [0.2, 0.25) is 39.3 Å². The summed E-state index contributed by atoms with van der Waals surface area (Å²) in [5.41, 5.74) is 8.73. The average molecular weight is 550 g/mol. The smallest absolute Gasteiger partial charge is 0.156 e. The van der Waals surface area contributed by atoms with E-state index in [1.807, 2.05) is 0 Å². The van der Waals surface area contributed by atoms with E-state index in [4.69, 9.17) is 0 Å². The molecule has 33 heavy (non-hydrogen) atoms. The van der Waals surface area contributed by atoms with Gasteiger partial charge in [-0.2, -0.15) is 23.3 Å². The summed E-state index contributed by atoms with van der Waals surface area (Å²) in [6.07, 6.45) is 0. The molecule has 4 aromatic rings. The summed E-state index contributed by atoms with van der Waals surface area (Å²) in [4.78, 5) is 0. The zero-order valence-electron chi connectivity index (χ0n) is 22.5. The molecule has 0 N–H and O–H groups in total. The Kier molecular flexibility index (Phi) is 9.16. The van der Waals surface area contributed by atoms with Gasteiger partial charge in [-0.3, -0.25) is 0 Å². The van der Waals surface area contributed by atoms with E-state index in [0.717, 1.165) is 0 Å². The van der Waals surface area contributed by atoms with Crippen LogP contribution in [0, 0.1) is 27.7 Å². The van der Waals surface area contributed by atoms with Gasteiger partial charge in [0.2, 0.25) is 0 Å². The predicted octanol–water partition coefficient (Wildman–Crippen LogP) is 9.19. The molecule has 0 amide bonds. The molecule has 3 heteroatoms. The Morgan fingerprint density at radius 2 is 0.848 bits per heavy atom. The minimum atomic E-state index is -1.01. The van der Waals surface area contributed by atoms with Gasteiger partial charge in [-0.25, -0.2) is 0 Å². The fourth-order valence-electron chi connectivity index (χ4n) is 4.52. The van der Waals surface area contributed by atoms with Gasteiger partial charge in [-0.15, -0.1) is 57.9 Å².